The first-order chi connectivity index (χ1) is 5.20. The summed E-state index contributed by atoms with van der Waals surface area (Å²) in [6.07, 6.45) is 2.74. The highest BCUT2D eigenvalue weighted by atomic mass is 16.5. The summed E-state index contributed by atoms with van der Waals surface area (Å²) in [6, 6.07) is -0.523. The molecule has 1 amide bonds. The van der Waals surface area contributed by atoms with E-state index in [4.69, 9.17) is 5.73 Å². The van der Waals surface area contributed by atoms with Gasteiger partial charge in [-0.25, -0.2) is 0 Å². The number of aromatic nitrogens is 1. The van der Waals surface area contributed by atoms with Crippen molar-refractivity contribution in [3.63, 3.8) is 0 Å². The first-order valence-electron chi connectivity index (χ1n) is 3.16. The molecule has 5 heteroatoms. The molecule has 1 heterocycles. The number of carbonyl (C=O) groups is 1. The zero-order valence-electron chi connectivity index (χ0n) is 6.07. The Hall–Kier alpha value is -1.36. The van der Waals surface area contributed by atoms with E-state index in [9.17, 15) is 4.79 Å². The molecule has 1 atom stereocenters. The first-order valence-corrected chi connectivity index (χ1v) is 3.16. The number of carbonyl (C=O) groups excluding carboxylic acids is 1. The Labute approximate surface area is 63.5 Å². The van der Waals surface area contributed by atoms with Crippen molar-refractivity contribution in [2.75, 3.05) is 5.32 Å². The molecule has 60 valence electrons. The van der Waals surface area contributed by atoms with Crippen LogP contribution in [0.4, 0.5) is 5.69 Å². The minimum Gasteiger partial charge on any atom is -0.363 e. The molecule has 0 radical (unpaired) electrons. The van der Waals surface area contributed by atoms with Crippen molar-refractivity contribution in [1.29, 1.82) is 0 Å². The van der Waals surface area contributed by atoms with Gasteiger partial charge in [0.1, 0.15) is 12.0 Å². The maximum absolute atomic E-state index is 10.9. The fraction of sp³-hybridized carbons (Fsp3) is 0.333. The normalized spacial score (nSPS) is 12.5. The van der Waals surface area contributed by atoms with Crippen molar-refractivity contribution in [3.05, 3.63) is 12.5 Å². The molecule has 0 spiro atoms. The summed E-state index contributed by atoms with van der Waals surface area (Å²) >= 11 is 0. The number of nitrogens with one attached hydrogen (secondary N) is 1. The van der Waals surface area contributed by atoms with Crippen LogP contribution in [0, 0.1) is 0 Å². The van der Waals surface area contributed by atoms with Crippen LogP contribution in [-0.2, 0) is 4.79 Å². The lowest BCUT2D eigenvalue weighted by Crippen LogP contribution is -2.32. The van der Waals surface area contributed by atoms with Gasteiger partial charge in [0, 0.05) is 0 Å². The molecule has 5 nitrogen and oxygen atoms in total. The number of rotatable bonds is 2. The number of nitrogens with two attached hydrogens (primary N) is 1. The minimum absolute atomic E-state index is 0.256. The lowest BCUT2D eigenvalue weighted by Gasteiger charge is -2.02. The highest BCUT2D eigenvalue weighted by Crippen LogP contribution is 2.02. The highest BCUT2D eigenvalue weighted by Gasteiger charge is 2.07. The third-order valence-electron chi connectivity index (χ3n) is 1.11. The van der Waals surface area contributed by atoms with Crippen LogP contribution >= 0.6 is 0 Å². The molecule has 3 N–H and O–H groups in total. The third kappa shape index (κ3) is 2.05. The Bertz CT molecular complexity index is 230. The topological polar surface area (TPSA) is 81.2 Å². The summed E-state index contributed by atoms with van der Waals surface area (Å²) in [6.45, 7) is 1.60. The van der Waals surface area contributed by atoms with Crippen molar-refractivity contribution < 1.29 is 9.32 Å². The van der Waals surface area contributed by atoms with Crippen molar-refractivity contribution in [3.8, 4) is 0 Å². The van der Waals surface area contributed by atoms with Crippen LogP contribution < -0.4 is 11.1 Å². The molecule has 0 fully saturated rings. The summed E-state index contributed by atoms with van der Waals surface area (Å²) in [4.78, 5) is 10.9. The van der Waals surface area contributed by atoms with Gasteiger partial charge in [-0.05, 0) is 6.92 Å². The largest absolute Gasteiger partial charge is 0.363 e. The predicted octanol–water partition coefficient (Wildman–Crippen LogP) is -0.0397. The van der Waals surface area contributed by atoms with Crippen LogP contribution in [0.25, 0.3) is 0 Å². The van der Waals surface area contributed by atoms with E-state index in [1.165, 1.54) is 12.5 Å². The second-order valence-corrected chi connectivity index (χ2v) is 2.19. The smallest absolute Gasteiger partial charge is 0.241 e. The quantitative estimate of drug-likeness (QED) is 0.627. The van der Waals surface area contributed by atoms with E-state index in [2.05, 4.69) is 15.0 Å². The monoisotopic (exact) mass is 155 g/mol. The summed E-state index contributed by atoms with van der Waals surface area (Å²) in [7, 11) is 0. The third-order valence-corrected chi connectivity index (χ3v) is 1.11. The van der Waals surface area contributed by atoms with Crippen LogP contribution in [0.15, 0.2) is 17.0 Å². The molecule has 0 bridgehead atoms. The first kappa shape index (κ1) is 7.74. The maximum atomic E-state index is 10.9. The van der Waals surface area contributed by atoms with Gasteiger partial charge in [-0.3, -0.25) is 4.79 Å². The van der Waals surface area contributed by atoms with Gasteiger partial charge in [-0.1, -0.05) is 5.16 Å². The molecule has 1 aromatic heterocycles. The van der Waals surface area contributed by atoms with Crippen molar-refractivity contribution in [2.45, 2.75) is 13.0 Å². The molecule has 1 aromatic rings. The summed E-state index contributed by atoms with van der Waals surface area (Å²) in [5.41, 5.74) is 5.81. The molecule has 11 heavy (non-hydrogen) atoms. The summed E-state index contributed by atoms with van der Waals surface area (Å²) in [5.74, 6) is -0.256. The molecule has 0 aliphatic rings. The van der Waals surface area contributed by atoms with Crippen LogP contribution in [0.3, 0.4) is 0 Å². The van der Waals surface area contributed by atoms with Gasteiger partial charge in [-0.15, -0.1) is 0 Å². The van der Waals surface area contributed by atoms with E-state index in [-0.39, 0.29) is 5.91 Å². The molecular formula is C6H9N3O2. The fourth-order valence-electron chi connectivity index (χ4n) is 0.523. The number of hydrogen-bond donors (Lipinski definition) is 2. The maximum Gasteiger partial charge on any atom is 0.241 e. The predicted molar refractivity (Wildman–Crippen MR) is 38.8 cm³/mol. The lowest BCUT2D eigenvalue weighted by molar-refractivity contribution is -0.117. The molecule has 0 unspecified atom stereocenters. The average molecular weight is 155 g/mol. The second kappa shape index (κ2) is 3.16. The minimum atomic E-state index is -0.523. The van der Waals surface area contributed by atoms with Crippen LogP contribution in [0.5, 0.6) is 0 Å². The van der Waals surface area contributed by atoms with E-state index in [0.717, 1.165) is 0 Å². The summed E-state index contributed by atoms with van der Waals surface area (Å²) in [5, 5.41) is 5.91. The van der Waals surface area contributed by atoms with Gasteiger partial charge >= 0.3 is 0 Å². The lowest BCUT2D eigenvalue weighted by atomic mass is 10.3. The molecule has 0 saturated heterocycles. The van der Waals surface area contributed by atoms with E-state index >= 15 is 0 Å². The Morgan fingerprint density at radius 1 is 1.91 bits per heavy atom. The van der Waals surface area contributed by atoms with Crippen LogP contribution in [0.2, 0.25) is 0 Å². The number of anilines is 1. The van der Waals surface area contributed by atoms with Gasteiger partial charge in [0.05, 0.1) is 12.2 Å². The van der Waals surface area contributed by atoms with Gasteiger partial charge in [0.15, 0.2) is 0 Å². The molecule has 0 aliphatic carbocycles. The Kier molecular flexibility index (Phi) is 2.22. The zero-order chi connectivity index (χ0) is 8.27. The molecular weight excluding hydrogens is 146 g/mol. The van der Waals surface area contributed by atoms with Gasteiger partial charge < -0.3 is 15.6 Å². The number of nitrogens with zero attached hydrogens (tertiary/aromatic N) is 1. The van der Waals surface area contributed by atoms with Crippen LogP contribution in [-0.4, -0.2) is 17.1 Å². The average Bonchev–Trinajstić information content (AvgIpc) is 2.39. The van der Waals surface area contributed by atoms with Gasteiger partial charge in [0.2, 0.25) is 5.91 Å². The molecule has 1 rings (SSSR count). The van der Waals surface area contributed by atoms with E-state index in [0.29, 0.717) is 5.69 Å². The standard InChI is InChI=1S/C6H9N3O2/c1-4(7)6(10)9-5-2-8-11-3-5/h2-4H,7H2,1H3,(H,9,10)/t4-/m0/s1. The zero-order valence-corrected chi connectivity index (χ0v) is 6.07. The van der Waals surface area contributed by atoms with Crippen molar-refractivity contribution >= 4 is 11.6 Å². The molecule has 0 aromatic carbocycles. The molecule has 0 saturated carbocycles. The van der Waals surface area contributed by atoms with Gasteiger partial charge in [-0.2, -0.15) is 0 Å². The molecule has 0 aliphatic heterocycles. The van der Waals surface area contributed by atoms with Gasteiger partial charge in [0.25, 0.3) is 0 Å². The van der Waals surface area contributed by atoms with Crippen molar-refractivity contribution in [1.82, 2.24) is 5.16 Å². The van der Waals surface area contributed by atoms with Crippen molar-refractivity contribution in [2.24, 2.45) is 5.73 Å². The van der Waals surface area contributed by atoms with E-state index in [1.807, 2.05) is 0 Å². The van der Waals surface area contributed by atoms with E-state index < -0.39 is 6.04 Å². The summed E-state index contributed by atoms with van der Waals surface area (Å²) < 4.78 is 4.49. The Morgan fingerprint density at radius 2 is 2.64 bits per heavy atom. The fourth-order valence-corrected chi connectivity index (χ4v) is 0.523. The second-order valence-electron chi connectivity index (χ2n) is 2.19. The van der Waals surface area contributed by atoms with Crippen LogP contribution in [0.1, 0.15) is 6.92 Å². The highest BCUT2D eigenvalue weighted by molar-refractivity contribution is 5.93. The SMILES string of the molecule is C[C@H](N)C(=O)Nc1cnoc1. The Balaban J connectivity index is 2.50. The number of hydrogen-bond acceptors (Lipinski definition) is 4. The van der Waals surface area contributed by atoms with E-state index in [1.54, 1.807) is 6.92 Å². The Morgan fingerprint density at radius 3 is 3.09 bits per heavy atom. The number of amides is 1.